The van der Waals surface area contributed by atoms with Gasteiger partial charge < -0.3 is 9.84 Å². The highest BCUT2D eigenvalue weighted by molar-refractivity contribution is 4.87. The van der Waals surface area contributed by atoms with Crippen LogP contribution in [0.2, 0.25) is 0 Å². The number of hydrogen-bond acceptors (Lipinski definition) is 4. The lowest BCUT2D eigenvalue weighted by atomic mass is 10.3. The summed E-state index contributed by atoms with van der Waals surface area (Å²) in [7, 11) is 1.62. The molecular formula is C8H16N2O2. The van der Waals surface area contributed by atoms with E-state index >= 15 is 0 Å². The quantitative estimate of drug-likeness (QED) is 0.605. The zero-order chi connectivity index (χ0) is 9.40. The summed E-state index contributed by atoms with van der Waals surface area (Å²) in [4.78, 5) is 1.88. The van der Waals surface area contributed by atoms with Crippen molar-refractivity contribution in [2.45, 2.75) is 13.0 Å². The van der Waals surface area contributed by atoms with Crippen molar-refractivity contribution in [3.8, 4) is 6.07 Å². The Bertz CT molecular complexity index is 144. The monoisotopic (exact) mass is 172 g/mol. The Morgan fingerprint density at radius 3 is 2.67 bits per heavy atom. The van der Waals surface area contributed by atoms with E-state index in [1.807, 2.05) is 11.8 Å². The second-order valence-electron chi connectivity index (χ2n) is 2.56. The van der Waals surface area contributed by atoms with Crippen molar-refractivity contribution in [3.05, 3.63) is 0 Å². The maximum absolute atomic E-state index is 8.69. The molecule has 70 valence electrons. The molecule has 4 heteroatoms. The Hall–Kier alpha value is -0.630. The molecule has 0 spiro atoms. The first-order valence-electron chi connectivity index (χ1n) is 3.99. The second-order valence-corrected chi connectivity index (χ2v) is 2.56. The zero-order valence-electron chi connectivity index (χ0n) is 7.66. The molecule has 0 heterocycles. The second kappa shape index (κ2) is 7.04. The van der Waals surface area contributed by atoms with Crippen LogP contribution in [-0.2, 0) is 4.74 Å². The van der Waals surface area contributed by atoms with Crippen LogP contribution >= 0.6 is 0 Å². The van der Waals surface area contributed by atoms with Gasteiger partial charge in [-0.05, 0) is 6.92 Å². The van der Waals surface area contributed by atoms with Crippen LogP contribution in [0.1, 0.15) is 6.92 Å². The third-order valence-electron chi connectivity index (χ3n) is 1.70. The van der Waals surface area contributed by atoms with E-state index < -0.39 is 0 Å². The van der Waals surface area contributed by atoms with E-state index in [0.717, 1.165) is 0 Å². The number of aliphatic hydroxyl groups is 1. The van der Waals surface area contributed by atoms with Crippen molar-refractivity contribution in [3.63, 3.8) is 0 Å². The number of methoxy groups -OCH3 is 1. The fraction of sp³-hybridized carbons (Fsp3) is 0.875. The Morgan fingerprint density at radius 1 is 1.58 bits per heavy atom. The average Bonchev–Trinajstić information content (AvgIpc) is 2.11. The van der Waals surface area contributed by atoms with Gasteiger partial charge in [0.25, 0.3) is 0 Å². The van der Waals surface area contributed by atoms with E-state index in [4.69, 9.17) is 15.1 Å². The van der Waals surface area contributed by atoms with Gasteiger partial charge in [-0.15, -0.1) is 0 Å². The summed E-state index contributed by atoms with van der Waals surface area (Å²) < 4.78 is 4.88. The topological polar surface area (TPSA) is 56.5 Å². The molecule has 0 saturated heterocycles. The maximum Gasteiger partial charge on any atom is 0.0950 e. The van der Waals surface area contributed by atoms with E-state index in [1.165, 1.54) is 0 Å². The van der Waals surface area contributed by atoms with E-state index in [2.05, 4.69) is 6.07 Å². The first-order valence-corrected chi connectivity index (χ1v) is 3.99. The molecule has 0 aliphatic heterocycles. The molecule has 0 aliphatic carbocycles. The van der Waals surface area contributed by atoms with Gasteiger partial charge in [0, 0.05) is 20.2 Å². The predicted octanol–water partition coefficient (Wildman–Crippen LogP) is -0.161. The lowest BCUT2D eigenvalue weighted by Crippen LogP contribution is -2.36. The number of nitrogens with zero attached hydrogens (tertiary/aromatic N) is 2. The van der Waals surface area contributed by atoms with Crippen LogP contribution in [0.15, 0.2) is 0 Å². The molecule has 0 rings (SSSR count). The minimum Gasteiger partial charge on any atom is -0.395 e. The molecule has 0 saturated carbocycles. The minimum atomic E-state index is -0.160. The van der Waals surface area contributed by atoms with Crippen molar-refractivity contribution < 1.29 is 9.84 Å². The summed E-state index contributed by atoms with van der Waals surface area (Å²) in [6, 6.07) is 1.96. The van der Waals surface area contributed by atoms with Crippen LogP contribution in [0.4, 0.5) is 0 Å². The van der Waals surface area contributed by atoms with Crippen molar-refractivity contribution in [2.24, 2.45) is 0 Å². The van der Waals surface area contributed by atoms with Gasteiger partial charge >= 0.3 is 0 Å². The molecule has 0 bridgehead atoms. The molecule has 0 aliphatic rings. The van der Waals surface area contributed by atoms with Gasteiger partial charge in [-0.3, -0.25) is 4.90 Å². The molecule has 1 atom stereocenters. The van der Waals surface area contributed by atoms with Crippen LogP contribution < -0.4 is 0 Å². The number of nitriles is 1. The lowest BCUT2D eigenvalue weighted by Gasteiger charge is -2.22. The summed E-state index contributed by atoms with van der Waals surface area (Å²) in [5.41, 5.74) is 0. The van der Waals surface area contributed by atoms with E-state index in [9.17, 15) is 0 Å². The number of hydrogen-bond donors (Lipinski definition) is 1. The Labute approximate surface area is 73.4 Å². The van der Waals surface area contributed by atoms with Gasteiger partial charge in [0.15, 0.2) is 0 Å². The number of rotatable bonds is 6. The largest absolute Gasteiger partial charge is 0.395 e. The van der Waals surface area contributed by atoms with E-state index in [1.54, 1.807) is 7.11 Å². The standard InChI is InChI=1S/C8H16N2O2/c1-8(7-9)10(3-5-11)4-6-12-2/h8,11H,3-6H2,1-2H3. The molecule has 4 nitrogen and oxygen atoms in total. The molecule has 0 aromatic carbocycles. The molecule has 0 amide bonds. The van der Waals surface area contributed by atoms with Crippen molar-refractivity contribution >= 4 is 0 Å². The molecule has 0 radical (unpaired) electrons. The third kappa shape index (κ3) is 4.29. The summed E-state index contributed by atoms with van der Waals surface area (Å²) in [5.74, 6) is 0. The highest BCUT2D eigenvalue weighted by Gasteiger charge is 2.10. The summed E-state index contributed by atoms with van der Waals surface area (Å²) in [5, 5.41) is 17.3. The van der Waals surface area contributed by atoms with Crippen molar-refractivity contribution in [1.29, 1.82) is 5.26 Å². The first kappa shape index (κ1) is 11.4. The van der Waals surface area contributed by atoms with Crippen molar-refractivity contribution in [2.75, 3.05) is 33.4 Å². The maximum atomic E-state index is 8.69. The molecular weight excluding hydrogens is 156 g/mol. The lowest BCUT2D eigenvalue weighted by molar-refractivity contribution is 0.120. The van der Waals surface area contributed by atoms with Gasteiger partial charge in [-0.2, -0.15) is 5.26 Å². The van der Waals surface area contributed by atoms with E-state index in [-0.39, 0.29) is 12.6 Å². The van der Waals surface area contributed by atoms with Gasteiger partial charge in [0.2, 0.25) is 0 Å². The smallest absolute Gasteiger partial charge is 0.0950 e. The van der Waals surface area contributed by atoms with Crippen LogP contribution in [0.25, 0.3) is 0 Å². The first-order chi connectivity index (χ1) is 5.76. The SMILES string of the molecule is COCCN(CCO)C(C)C#N. The highest BCUT2D eigenvalue weighted by Crippen LogP contribution is 1.96. The van der Waals surface area contributed by atoms with Crippen LogP contribution in [0.3, 0.4) is 0 Å². The minimum absolute atomic E-state index is 0.0791. The fourth-order valence-electron chi connectivity index (χ4n) is 0.918. The predicted molar refractivity (Wildman–Crippen MR) is 45.6 cm³/mol. The molecule has 1 unspecified atom stereocenters. The Balaban J connectivity index is 3.78. The Kier molecular flexibility index (Phi) is 6.67. The summed E-state index contributed by atoms with van der Waals surface area (Å²) >= 11 is 0. The fourth-order valence-corrected chi connectivity index (χ4v) is 0.918. The number of aliphatic hydroxyl groups excluding tert-OH is 1. The molecule has 1 N–H and O–H groups in total. The Morgan fingerprint density at radius 2 is 2.25 bits per heavy atom. The van der Waals surface area contributed by atoms with Gasteiger partial charge in [-0.1, -0.05) is 0 Å². The third-order valence-corrected chi connectivity index (χ3v) is 1.70. The number of ether oxygens (including phenoxy) is 1. The van der Waals surface area contributed by atoms with Crippen LogP contribution in [0.5, 0.6) is 0 Å². The summed E-state index contributed by atoms with van der Waals surface area (Å²) in [6.07, 6.45) is 0. The normalized spacial score (nSPS) is 12.9. The summed E-state index contributed by atoms with van der Waals surface area (Å²) in [6.45, 7) is 3.69. The van der Waals surface area contributed by atoms with Gasteiger partial charge in [0.1, 0.15) is 0 Å². The van der Waals surface area contributed by atoms with E-state index in [0.29, 0.717) is 19.7 Å². The molecule has 0 aromatic rings. The van der Waals surface area contributed by atoms with Crippen LogP contribution in [0, 0.1) is 11.3 Å². The van der Waals surface area contributed by atoms with Crippen LogP contribution in [-0.4, -0.2) is 49.5 Å². The van der Waals surface area contributed by atoms with Crippen molar-refractivity contribution in [1.82, 2.24) is 4.90 Å². The highest BCUT2D eigenvalue weighted by atomic mass is 16.5. The molecule has 12 heavy (non-hydrogen) atoms. The molecule has 0 aromatic heterocycles. The van der Waals surface area contributed by atoms with Gasteiger partial charge in [-0.25, -0.2) is 0 Å². The van der Waals surface area contributed by atoms with Gasteiger partial charge in [0.05, 0.1) is 25.3 Å². The average molecular weight is 172 g/mol. The zero-order valence-corrected chi connectivity index (χ0v) is 7.66. The molecule has 0 fully saturated rings.